The molecule has 1 aromatic heterocycles. The minimum absolute atomic E-state index is 0.435. The summed E-state index contributed by atoms with van der Waals surface area (Å²) >= 11 is 0. The first-order valence-corrected chi connectivity index (χ1v) is 20.8. The van der Waals surface area contributed by atoms with Gasteiger partial charge in [-0.05, 0) is 105 Å². The first-order chi connectivity index (χ1) is 30.1. The maximum atomic E-state index is 9.13. The monoisotopic (exact) mass is 778 g/mol. The van der Waals surface area contributed by atoms with E-state index in [1.54, 1.807) is 0 Å². The molecule has 4 heteroatoms. The second-order valence-electron chi connectivity index (χ2n) is 16.0. The predicted octanol–water partition coefficient (Wildman–Crippen LogP) is 13.4. The number of nitrogens with zero attached hydrogens (tertiary/aromatic N) is 2. The summed E-state index contributed by atoms with van der Waals surface area (Å²) in [6.45, 7) is 0. The van der Waals surface area contributed by atoms with E-state index in [0.29, 0.717) is 5.71 Å². The fraction of sp³-hybridized carbons (Fsp3) is 0.0175. The summed E-state index contributed by atoms with van der Waals surface area (Å²) < 4.78 is 2.41. The Labute approximate surface area is 353 Å². The summed E-state index contributed by atoms with van der Waals surface area (Å²) in [5.74, 6) is 0.748. The number of nitrogens with one attached hydrogen (secondary N) is 2. The van der Waals surface area contributed by atoms with Gasteiger partial charge in [-0.3, -0.25) is 0 Å². The number of aliphatic imine (C=N–C) groups is 1. The highest BCUT2D eigenvalue weighted by atomic mass is 15.0. The number of rotatable bonds is 6. The first-order valence-electron chi connectivity index (χ1n) is 20.8. The van der Waals surface area contributed by atoms with E-state index in [1.807, 2.05) is 42.5 Å². The van der Waals surface area contributed by atoms with Crippen molar-refractivity contribution in [3.63, 3.8) is 0 Å². The molecular weight excluding hydrogens is 741 g/mol. The van der Waals surface area contributed by atoms with Crippen molar-refractivity contribution in [3.8, 4) is 16.8 Å². The minimum Gasteiger partial charge on any atom is -0.339 e. The number of para-hydroxylation sites is 2. The highest BCUT2D eigenvalue weighted by molar-refractivity contribution is 6.16. The van der Waals surface area contributed by atoms with Gasteiger partial charge in [0.25, 0.3) is 0 Å². The Morgan fingerprint density at radius 3 is 1.95 bits per heavy atom. The van der Waals surface area contributed by atoms with Crippen molar-refractivity contribution in [2.24, 2.45) is 4.99 Å². The molecule has 2 heterocycles. The molecule has 1 aliphatic heterocycles. The summed E-state index contributed by atoms with van der Waals surface area (Å²) in [4.78, 5) is 5.09. The van der Waals surface area contributed by atoms with Gasteiger partial charge in [0.2, 0.25) is 0 Å². The molecule has 1 aliphatic carbocycles. The molecule has 10 aromatic rings. The van der Waals surface area contributed by atoms with E-state index in [9.17, 15) is 0 Å². The number of amidine groups is 1. The largest absolute Gasteiger partial charge is 0.339 e. The SMILES string of the molecule is N=C(/C=C1\NC(c2ccc(-n3c4ccccc4c4cc5c(cc43)-c3ccccc3C5(c3ccccc3)c3ccccc3)cc2)=Nc2ccccc21)c1ccc2ccccc2c1. The van der Waals surface area contributed by atoms with Crippen molar-refractivity contribution in [1.29, 1.82) is 5.41 Å². The number of aromatic nitrogens is 1. The third-order valence-corrected chi connectivity index (χ3v) is 12.7. The first kappa shape index (κ1) is 34.9. The Balaban J connectivity index is 0.978. The van der Waals surface area contributed by atoms with Crippen molar-refractivity contribution in [2.75, 3.05) is 0 Å². The van der Waals surface area contributed by atoms with Gasteiger partial charge in [0.1, 0.15) is 5.84 Å². The molecule has 2 aliphatic rings. The Hall–Kier alpha value is -8.08. The van der Waals surface area contributed by atoms with Gasteiger partial charge < -0.3 is 15.3 Å². The summed E-state index contributed by atoms with van der Waals surface area (Å²) in [6.07, 6.45) is 1.92. The fourth-order valence-corrected chi connectivity index (χ4v) is 9.93. The van der Waals surface area contributed by atoms with E-state index in [4.69, 9.17) is 10.4 Å². The van der Waals surface area contributed by atoms with Gasteiger partial charge in [0.05, 0.1) is 33.5 Å². The van der Waals surface area contributed by atoms with Gasteiger partial charge >= 0.3 is 0 Å². The number of hydrogen-bond acceptors (Lipinski definition) is 3. The van der Waals surface area contributed by atoms with Crippen molar-refractivity contribution >= 4 is 55.5 Å². The van der Waals surface area contributed by atoms with Gasteiger partial charge in [-0.2, -0.15) is 0 Å². The van der Waals surface area contributed by atoms with Crippen molar-refractivity contribution in [1.82, 2.24) is 9.88 Å². The zero-order valence-electron chi connectivity index (χ0n) is 33.2. The van der Waals surface area contributed by atoms with Crippen LogP contribution in [0.1, 0.15) is 38.9 Å². The highest BCUT2D eigenvalue weighted by Crippen LogP contribution is 2.57. The van der Waals surface area contributed by atoms with Gasteiger partial charge in [0, 0.05) is 33.2 Å². The van der Waals surface area contributed by atoms with Gasteiger partial charge in [-0.1, -0.05) is 158 Å². The lowest BCUT2D eigenvalue weighted by molar-refractivity contribution is 0.769. The molecule has 4 nitrogen and oxygen atoms in total. The number of hydrogen-bond donors (Lipinski definition) is 2. The molecule has 0 spiro atoms. The Morgan fingerprint density at radius 1 is 0.508 bits per heavy atom. The average Bonchev–Trinajstić information content (AvgIpc) is 3.81. The second-order valence-corrected chi connectivity index (χ2v) is 16.0. The standard InChI is InChI=1S/C57H38N4/c58-51(40-28-27-37-15-7-8-16-39(37)33-40)36-53-46-23-10-13-25-52(46)59-56(60-53)38-29-31-43(32-30-38)61-54-26-14-11-22-45(54)48-34-50-47(35-55(48)61)44-21-9-12-24-49(44)57(50,41-17-3-1-4-18-41)42-19-5-2-6-20-42/h1-36,58H,(H,59,60)/b53-36-,58-51?. The van der Waals surface area contributed by atoms with Crippen LogP contribution in [0.4, 0.5) is 5.69 Å². The molecule has 0 saturated carbocycles. The van der Waals surface area contributed by atoms with E-state index in [1.165, 1.54) is 49.7 Å². The smallest absolute Gasteiger partial charge is 0.138 e. The normalized spacial score (nSPS) is 14.4. The lowest BCUT2D eigenvalue weighted by Gasteiger charge is -2.33. The predicted molar refractivity (Wildman–Crippen MR) is 253 cm³/mol. The summed E-state index contributed by atoms with van der Waals surface area (Å²) in [6, 6.07) is 75.9. The highest BCUT2D eigenvalue weighted by Gasteiger charge is 2.46. The average molecular weight is 779 g/mol. The van der Waals surface area contributed by atoms with E-state index in [2.05, 4.69) is 186 Å². The van der Waals surface area contributed by atoms with E-state index < -0.39 is 5.41 Å². The molecule has 0 atom stereocenters. The van der Waals surface area contributed by atoms with E-state index in [-0.39, 0.29) is 0 Å². The van der Waals surface area contributed by atoms with Gasteiger partial charge in [-0.15, -0.1) is 0 Å². The van der Waals surface area contributed by atoms with Crippen LogP contribution in [0.3, 0.4) is 0 Å². The minimum atomic E-state index is -0.471. The van der Waals surface area contributed by atoms with E-state index in [0.717, 1.165) is 55.9 Å². The van der Waals surface area contributed by atoms with Crippen LogP contribution < -0.4 is 5.32 Å². The molecule has 61 heavy (non-hydrogen) atoms. The van der Waals surface area contributed by atoms with Crippen LogP contribution in [-0.2, 0) is 5.41 Å². The van der Waals surface area contributed by atoms with Gasteiger partial charge in [0.15, 0.2) is 0 Å². The summed E-state index contributed by atoms with van der Waals surface area (Å²) in [7, 11) is 0. The Kier molecular flexibility index (Phi) is 7.87. The van der Waals surface area contributed by atoms with Crippen LogP contribution >= 0.6 is 0 Å². The van der Waals surface area contributed by atoms with Crippen LogP contribution in [0.15, 0.2) is 223 Å². The molecule has 12 rings (SSSR count). The van der Waals surface area contributed by atoms with Crippen LogP contribution in [0, 0.1) is 5.41 Å². The molecule has 286 valence electrons. The zero-order chi connectivity index (χ0) is 40.5. The quantitative estimate of drug-likeness (QED) is 0.162. The maximum absolute atomic E-state index is 9.13. The third-order valence-electron chi connectivity index (χ3n) is 12.7. The van der Waals surface area contributed by atoms with Crippen LogP contribution in [0.25, 0.3) is 55.1 Å². The van der Waals surface area contributed by atoms with Crippen molar-refractivity contribution in [3.05, 3.63) is 257 Å². The Morgan fingerprint density at radius 2 is 1.16 bits per heavy atom. The van der Waals surface area contributed by atoms with Gasteiger partial charge in [-0.25, -0.2) is 4.99 Å². The molecular formula is C57H38N4. The number of benzene rings is 9. The lowest BCUT2D eigenvalue weighted by atomic mass is 9.67. The maximum Gasteiger partial charge on any atom is 0.138 e. The molecule has 9 aromatic carbocycles. The molecule has 0 fully saturated rings. The molecule has 0 amide bonds. The number of fused-ring (bicyclic) bond motifs is 8. The zero-order valence-corrected chi connectivity index (χ0v) is 33.2. The fourth-order valence-electron chi connectivity index (χ4n) is 9.93. The topological polar surface area (TPSA) is 53.2 Å². The summed E-state index contributed by atoms with van der Waals surface area (Å²) in [5.41, 5.74) is 15.5. The van der Waals surface area contributed by atoms with Crippen LogP contribution in [0.5, 0.6) is 0 Å². The Bertz CT molecular complexity index is 3410. The molecule has 0 unspecified atom stereocenters. The van der Waals surface area contributed by atoms with Crippen molar-refractivity contribution in [2.45, 2.75) is 5.41 Å². The second kappa shape index (κ2) is 13.8. The molecule has 0 radical (unpaired) electrons. The van der Waals surface area contributed by atoms with Crippen LogP contribution in [0.2, 0.25) is 0 Å². The van der Waals surface area contributed by atoms with E-state index >= 15 is 0 Å². The third kappa shape index (κ3) is 5.39. The van der Waals surface area contributed by atoms with Crippen LogP contribution in [-0.4, -0.2) is 16.1 Å². The van der Waals surface area contributed by atoms with Crippen molar-refractivity contribution < 1.29 is 0 Å². The molecule has 2 N–H and O–H groups in total. The summed E-state index contributed by atoms with van der Waals surface area (Å²) in [5, 5.41) is 17.5. The molecule has 0 saturated heterocycles. The number of allylic oxidation sites excluding steroid dienone is 1. The lowest BCUT2D eigenvalue weighted by Crippen LogP contribution is -2.28. The molecule has 0 bridgehead atoms.